The maximum Gasteiger partial charge on any atom is 0.343 e. The summed E-state index contributed by atoms with van der Waals surface area (Å²) in [5.74, 6) is 0.200. The van der Waals surface area contributed by atoms with Crippen LogP contribution in [0, 0.1) is 13.8 Å². The molecule has 0 aliphatic carbocycles. The van der Waals surface area contributed by atoms with Crippen LogP contribution in [0.5, 0.6) is 0 Å². The maximum atomic E-state index is 13.0. The Morgan fingerprint density at radius 1 is 0.690 bits per heavy atom. The zero-order valence-corrected chi connectivity index (χ0v) is 16.6. The number of carbonyl (C=O) groups is 1. The number of fused-ring (bicyclic) bond motifs is 1. The largest absolute Gasteiger partial charge is 0.422 e. The van der Waals surface area contributed by atoms with E-state index in [4.69, 9.17) is 4.74 Å². The highest BCUT2D eigenvalue weighted by atomic mass is 16.5. The van der Waals surface area contributed by atoms with Gasteiger partial charge in [-0.05, 0) is 53.5 Å². The first-order valence-corrected chi connectivity index (χ1v) is 9.67. The Kier molecular flexibility index (Phi) is 5.26. The van der Waals surface area contributed by atoms with Gasteiger partial charge < -0.3 is 4.74 Å². The van der Waals surface area contributed by atoms with Crippen molar-refractivity contribution in [2.45, 2.75) is 13.8 Å². The third-order valence-corrected chi connectivity index (χ3v) is 5.09. The third-order valence-electron chi connectivity index (χ3n) is 5.09. The number of hydrogen-bond donors (Lipinski definition) is 0. The smallest absolute Gasteiger partial charge is 0.343 e. The first-order chi connectivity index (χ1) is 14.1. The molecule has 2 heteroatoms. The Balaban J connectivity index is 1.83. The lowest BCUT2D eigenvalue weighted by atomic mass is 10.0. The van der Waals surface area contributed by atoms with E-state index in [1.807, 2.05) is 86.7 Å². The van der Waals surface area contributed by atoms with Gasteiger partial charge in [-0.3, -0.25) is 0 Å². The molecule has 4 rings (SSSR count). The summed E-state index contributed by atoms with van der Waals surface area (Å²) in [5, 5.41) is 2.27. The monoisotopic (exact) mass is 378 g/mol. The summed E-state index contributed by atoms with van der Waals surface area (Å²) >= 11 is 0. The number of esters is 1. The lowest BCUT2D eigenvalue weighted by Crippen LogP contribution is -2.07. The molecule has 2 nitrogen and oxygen atoms in total. The quantitative estimate of drug-likeness (QED) is 0.221. The molecule has 0 aromatic heterocycles. The molecule has 0 saturated carbocycles. The molecule has 29 heavy (non-hydrogen) atoms. The molecule has 0 spiro atoms. The number of rotatable bonds is 4. The van der Waals surface area contributed by atoms with Crippen molar-refractivity contribution in [3.63, 3.8) is 0 Å². The predicted octanol–water partition coefficient (Wildman–Crippen LogP) is 6.81. The van der Waals surface area contributed by atoms with Crippen LogP contribution >= 0.6 is 0 Å². The van der Waals surface area contributed by atoms with Gasteiger partial charge in [0.1, 0.15) is 5.76 Å². The van der Waals surface area contributed by atoms with Crippen molar-refractivity contribution in [1.82, 2.24) is 0 Å². The number of carbonyl (C=O) groups excluding carboxylic acids is 1. The minimum Gasteiger partial charge on any atom is -0.422 e. The van der Waals surface area contributed by atoms with Crippen molar-refractivity contribution in [2.75, 3.05) is 0 Å². The Morgan fingerprint density at radius 3 is 2.00 bits per heavy atom. The second-order valence-corrected chi connectivity index (χ2v) is 7.10. The van der Waals surface area contributed by atoms with E-state index in [1.165, 1.54) is 0 Å². The van der Waals surface area contributed by atoms with Crippen molar-refractivity contribution in [1.29, 1.82) is 0 Å². The van der Waals surface area contributed by atoms with Crippen LogP contribution in [0.3, 0.4) is 0 Å². The number of aryl methyl sites for hydroxylation is 2. The molecule has 0 fully saturated rings. The number of benzene rings is 4. The summed E-state index contributed by atoms with van der Waals surface area (Å²) in [5.41, 5.74) is 4.44. The second-order valence-electron chi connectivity index (χ2n) is 7.10. The summed E-state index contributed by atoms with van der Waals surface area (Å²) < 4.78 is 5.96. The standard InChI is InChI=1S/C27H22O2/c1-19-10-3-6-15-23(19)26(29-27(28)24-16-7-4-11-20(24)2)18-22-14-9-13-21-12-5-8-17-25(21)22/h3-18H,1-2H3/b26-18+. The fraction of sp³-hybridized carbons (Fsp3) is 0.0741. The van der Waals surface area contributed by atoms with Gasteiger partial charge in [0.2, 0.25) is 0 Å². The fourth-order valence-corrected chi connectivity index (χ4v) is 3.49. The summed E-state index contributed by atoms with van der Waals surface area (Å²) in [6.45, 7) is 3.94. The van der Waals surface area contributed by atoms with E-state index < -0.39 is 0 Å². The molecule has 0 aliphatic rings. The van der Waals surface area contributed by atoms with Gasteiger partial charge in [-0.25, -0.2) is 4.79 Å². The van der Waals surface area contributed by atoms with Crippen molar-refractivity contribution < 1.29 is 9.53 Å². The Bertz CT molecular complexity index is 1210. The molecular formula is C27H22O2. The number of ether oxygens (including phenoxy) is 1. The molecule has 0 heterocycles. The zero-order chi connectivity index (χ0) is 20.2. The number of hydrogen-bond acceptors (Lipinski definition) is 2. The van der Waals surface area contributed by atoms with E-state index in [0.717, 1.165) is 33.0 Å². The predicted molar refractivity (Wildman–Crippen MR) is 120 cm³/mol. The van der Waals surface area contributed by atoms with Gasteiger partial charge in [-0.1, -0.05) is 84.9 Å². The SMILES string of the molecule is Cc1ccccc1C(=O)O/C(=C/c1cccc2ccccc12)c1ccccc1C. The summed E-state index contributed by atoms with van der Waals surface area (Å²) in [6.07, 6.45) is 1.96. The minimum absolute atomic E-state index is 0.349. The van der Waals surface area contributed by atoms with E-state index in [2.05, 4.69) is 18.2 Å². The lowest BCUT2D eigenvalue weighted by Gasteiger charge is -2.13. The first kappa shape index (κ1) is 18.7. The summed E-state index contributed by atoms with van der Waals surface area (Å²) in [4.78, 5) is 13.0. The van der Waals surface area contributed by atoms with Crippen LogP contribution in [0.25, 0.3) is 22.6 Å². The van der Waals surface area contributed by atoms with Crippen LogP contribution in [-0.2, 0) is 4.74 Å². The highest BCUT2D eigenvalue weighted by Crippen LogP contribution is 2.28. The molecule has 0 amide bonds. The van der Waals surface area contributed by atoms with Gasteiger partial charge in [0.15, 0.2) is 0 Å². The van der Waals surface area contributed by atoms with Crippen LogP contribution in [0.15, 0.2) is 91.0 Å². The molecule has 4 aromatic carbocycles. The molecular weight excluding hydrogens is 356 g/mol. The van der Waals surface area contributed by atoms with Gasteiger partial charge in [-0.15, -0.1) is 0 Å². The second kappa shape index (κ2) is 8.15. The van der Waals surface area contributed by atoms with E-state index in [1.54, 1.807) is 6.07 Å². The van der Waals surface area contributed by atoms with Crippen LogP contribution in [-0.4, -0.2) is 5.97 Å². The zero-order valence-electron chi connectivity index (χ0n) is 16.6. The summed E-state index contributed by atoms with van der Waals surface area (Å²) in [6, 6.07) is 29.8. The van der Waals surface area contributed by atoms with E-state index in [-0.39, 0.29) is 5.97 Å². The van der Waals surface area contributed by atoms with E-state index >= 15 is 0 Å². The minimum atomic E-state index is -0.349. The van der Waals surface area contributed by atoms with Crippen molar-refractivity contribution >= 4 is 28.6 Å². The van der Waals surface area contributed by atoms with Crippen LogP contribution < -0.4 is 0 Å². The fourth-order valence-electron chi connectivity index (χ4n) is 3.49. The molecule has 4 aromatic rings. The van der Waals surface area contributed by atoms with Crippen LogP contribution in [0.4, 0.5) is 0 Å². The van der Waals surface area contributed by atoms with Crippen LogP contribution in [0.1, 0.15) is 32.6 Å². The Labute approximate surface area is 171 Å². The Hall–Kier alpha value is -3.65. The van der Waals surface area contributed by atoms with Gasteiger partial charge in [-0.2, -0.15) is 0 Å². The third kappa shape index (κ3) is 3.97. The molecule has 0 saturated heterocycles. The molecule has 142 valence electrons. The first-order valence-electron chi connectivity index (χ1n) is 9.67. The molecule has 0 unspecified atom stereocenters. The normalized spacial score (nSPS) is 11.4. The average Bonchev–Trinajstić information content (AvgIpc) is 2.74. The van der Waals surface area contributed by atoms with Crippen LogP contribution in [0.2, 0.25) is 0 Å². The highest BCUT2D eigenvalue weighted by molar-refractivity contribution is 5.99. The topological polar surface area (TPSA) is 26.3 Å². The van der Waals surface area contributed by atoms with Crippen molar-refractivity contribution in [3.05, 3.63) is 119 Å². The average molecular weight is 378 g/mol. The molecule has 0 aliphatic heterocycles. The van der Waals surface area contributed by atoms with Gasteiger partial charge >= 0.3 is 5.97 Å². The Morgan fingerprint density at radius 2 is 1.28 bits per heavy atom. The molecule has 0 bridgehead atoms. The van der Waals surface area contributed by atoms with Gasteiger partial charge in [0, 0.05) is 5.56 Å². The van der Waals surface area contributed by atoms with Crippen molar-refractivity contribution in [3.8, 4) is 0 Å². The van der Waals surface area contributed by atoms with Gasteiger partial charge in [0.05, 0.1) is 5.56 Å². The highest BCUT2D eigenvalue weighted by Gasteiger charge is 2.16. The van der Waals surface area contributed by atoms with E-state index in [0.29, 0.717) is 11.3 Å². The van der Waals surface area contributed by atoms with E-state index in [9.17, 15) is 4.79 Å². The van der Waals surface area contributed by atoms with Crippen molar-refractivity contribution in [2.24, 2.45) is 0 Å². The molecule has 0 radical (unpaired) electrons. The molecule has 0 N–H and O–H groups in total. The lowest BCUT2D eigenvalue weighted by molar-refractivity contribution is 0.0693. The summed E-state index contributed by atoms with van der Waals surface area (Å²) in [7, 11) is 0. The molecule has 0 atom stereocenters. The van der Waals surface area contributed by atoms with Gasteiger partial charge in [0.25, 0.3) is 0 Å². The maximum absolute atomic E-state index is 13.0.